The Morgan fingerprint density at radius 1 is 1.16 bits per heavy atom. The summed E-state index contributed by atoms with van der Waals surface area (Å²) in [5, 5.41) is 14.4. The molecule has 0 unspecified atom stereocenters. The number of aryl methyl sites for hydroxylation is 2. The van der Waals surface area contributed by atoms with Crippen molar-refractivity contribution in [3.8, 4) is 17.7 Å². The molecule has 1 N–H and O–H groups in total. The van der Waals surface area contributed by atoms with Gasteiger partial charge in [-0.2, -0.15) is 10.2 Å². The number of thiophene rings is 1. The number of nitrogens with one attached hydrogen (secondary N) is 1. The standard InChI is InChI=1S/C29H28BrN5OS/c1-19-16-21(6-5-12-31)17-20(2)26(19)36-28-27-25(11-15-37-27)33-29(34-28)32-23-9-13-35(14-10-23)18-22-7-3-4-8-24(22)30/h3-8,11,15-17,23H,9-10,13-14,18H2,1-2H3,(H,32,33,34)/b6-5+. The normalized spacial score (nSPS) is 14.8. The molecular formula is C29H28BrN5OS. The van der Waals surface area contributed by atoms with Gasteiger partial charge >= 0.3 is 0 Å². The molecule has 37 heavy (non-hydrogen) atoms. The highest BCUT2D eigenvalue weighted by molar-refractivity contribution is 9.10. The fraction of sp³-hybridized carbons (Fsp3) is 0.276. The van der Waals surface area contributed by atoms with Crippen LogP contribution >= 0.6 is 27.3 Å². The summed E-state index contributed by atoms with van der Waals surface area (Å²) in [7, 11) is 0. The third-order valence-electron chi connectivity index (χ3n) is 6.58. The van der Waals surface area contributed by atoms with E-state index in [-0.39, 0.29) is 0 Å². The maximum absolute atomic E-state index is 8.84. The van der Waals surface area contributed by atoms with Crippen molar-refractivity contribution in [2.75, 3.05) is 18.4 Å². The lowest BCUT2D eigenvalue weighted by Gasteiger charge is -2.32. The molecule has 4 aromatic rings. The first kappa shape index (κ1) is 25.4. The van der Waals surface area contributed by atoms with Gasteiger partial charge in [0.2, 0.25) is 11.8 Å². The number of benzene rings is 2. The summed E-state index contributed by atoms with van der Waals surface area (Å²) < 4.78 is 8.51. The van der Waals surface area contributed by atoms with Crippen molar-refractivity contribution >= 4 is 49.5 Å². The van der Waals surface area contributed by atoms with Gasteiger partial charge in [-0.1, -0.05) is 34.1 Å². The van der Waals surface area contributed by atoms with Crippen LogP contribution in [0.4, 0.5) is 5.95 Å². The van der Waals surface area contributed by atoms with E-state index in [1.54, 1.807) is 17.4 Å². The lowest BCUT2D eigenvalue weighted by Crippen LogP contribution is -2.39. The molecular weight excluding hydrogens is 546 g/mol. The van der Waals surface area contributed by atoms with Crippen LogP contribution in [0.1, 0.15) is 35.1 Å². The number of hydrogen-bond donors (Lipinski definition) is 1. The van der Waals surface area contributed by atoms with Gasteiger partial charge in [-0.15, -0.1) is 11.3 Å². The molecule has 1 saturated heterocycles. The highest BCUT2D eigenvalue weighted by Crippen LogP contribution is 2.36. The zero-order chi connectivity index (χ0) is 25.8. The zero-order valence-corrected chi connectivity index (χ0v) is 23.3. The number of nitrogens with zero attached hydrogens (tertiary/aromatic N) is 4. The first-order valence-corrected chi connectivity index (χ1v) is 14.0. The van der Waals surface area contributed by atoms with Crippen molar-refractivity contribution in [3.63, 3.8) is 0 Å². The number of likely N-dealkylation sites (tertiary alicyclic amines) is 1. The van der Waals surface area contributed by atoms with Crippen LogP contribution in [0.5, 0.6) is 11.6 Å². The van der Waals surface area contributed by atoms with E-state index in [1.807, 2.05) is 43.5 Å². The Hall–Kier alpha value is -3.25. The van der Waals surface area contributed by atoms with E-state index in [4.69, 9.17) is 20.0 Å². The minimum atomic E-state index is 0.314. The largest absolute Gasteiger partial charge is 0.437 e. The maximum atomic E-state index is 8.84. The summed E-state index contributed by atoms with van der Waals surface area (Å²) in [4.78, 5) is 12.1. The van der Waals surface area contributed by atoms with Gasteiger partial charge in [-0.3, -0.25) is 4.90 Å². The number of allylic oxidation sites excluding steroid dienone is 1. The predicted octanol–water partition coefficient (Wildman–Crippen LogP) is 7.48. The van der Waals surface area contributed by atoms with Gasteiger partial charge in [-0.05, 0) is 84.7 Å². The Morgan fingerprint density at radius 3 is 2.65 bits per heavy atom. The summed E-state index contributed by atoms with van der Waals surface area (Å²) in [5.74, 6) is 1.96. The summed E-state index contributed by atoms with van der Waals surface area (Å²) in [6.45, 7) is 7.02. The summed E-state index contributed by atoms with van der Waals surface area (Å²) >= 11 is 5.25. The second kappa shape index (κ2) is 11.4. The van der Waals surface area contributed by atoms with E-state index in [0.29, 0.717) is 17.9 Å². The zero-order valence-electron chi connectivity index (χ0n) is 20.9. The molecule has 1 aliphatic heterocycles. The second-order valence-corrected chi connectivity index (χ2v) is 11.1. The molecule has 5 rings (SSSR count). The molecule has 188 valence electrons. The maximum Gasteiger partial charge on any atom is 0.242 e. The molecule has 3 heterocycles. The van der Waals surface area contributed by atoms with Crippen LogP contribution in [0.25, 0.3) is 16.3 Å². The molecule has 1 aliphatic rings. The van der Waals surface area contributed by atoms with Gasteiger partial charge in [0, 0.05) is 36.2 Å². The van der Waals surface area contributed by atoms with Gasteiger partial charge in [0.1, 0.15) is 10.4 Å². The van der Waals surface area contributed by atoms with Crippen LogP contribution in [-0.4, -0.2) is 34.0 Å². The Labute approximate surface area is 229 Å². The quantitative estimate of drug-likeness (QED) is 0.231. The number of aromatic nitrogens is 2. The SMILES string of the molecule is Cc1cc(/C=C/C#N)cc(C)c1Oc1nc(NC2CCN(Cc3ccccc3Br)CC2)nc2ccsc12. The molecule has 0 aliphatic carbocycles. The number of hydrogen-bond acceptors (Lipinski definition) is 7. The second-order valence-electron chi connectivity index (χ2n) is 9.32. The van der Waals surface area contributed by atoms with E-state index < -0.39 is 0 Å². The molecule has 8 heteroatoms. The number of fused-ring (bicyclic) bond motifs is 1. The number of rotatable bonds is 7. The molecule has 0 radical (unpaired) electrons. The van der Waals surface area contributed by atoms with Gasteiger partial charge in [0.05, 0.1) is 11.6 Å². The Bertz CT molecular complexity index is 1460. The van der Waals surface area contributed by atoms with Gasteiger partial charge < -0.3 is 10.1 Å². The van der Waals surface area contributed by atoms with Gasteiger partial charge in [0.15, 0.2) is 0 Å². The van der Waals surface area contributed by atoms with E-state index in [2.05, 4.69) is 50.4 Å². The van der Waals surface area contributed by atoms with E-state index >= 15 is 0 Å². The molecule has 0 bridgehead atoms. The van der Waals surface area contributed by atoms with Crippen LogP contribution < -0.4 is 10.1 Å². The first-order chi connectivity index (χ1) is 18.0. The minimum absolute atomic E-state index is 0.314. The first-order valence-electron chi connectivity index (χ1n) is 12.3. The van der Waals surface area contributed by atoms with Crippen LogP contribution in [-0.2, 0) is 6.54 Å². The van der Waals surface area contributed by atoms with Gasteiger partial charge in [-0.25, -0.2) is 4.98 Å². The van der Waals surface area contributed by atoms with Crippen LogP contribution in [0, 0.1) is 25.2 Å². The number of nitriles is 1. The van der Waals surface area contributed by atoms with Gasteiger partial charge in [0.25, 0.3) is 0 Å². The minimum Gasteiger partial charge on any atom is -0.437 e. The van der Waals surface area contributed by atoms with Crippen molar-refractivity contribution in [1.29, 1.82) is 5.26 Å². The average Bonchev–Trinajstić information content (AvgIpc) is 3.36. The highest BCUT2D eigenvalue weighted by atomic mass is 79.9. The fourth-order valence-electron chi connectivity index (χ4n) is 4.73. The highest BCUT2D eigenvalue weighted by Gasteiger charge is 2.22. The van der Waals surface area contributed by atoms with Crippen LogP contribution in [0.2, 0.25) is 0 Å². The van der Waals surface area contributed by atoms with Crippen molar-refractivity contribution in [1.82, 2.24) is 14.9 Å². The lowest BCUT2D eigenvalue weighted by molar-refractivity contribution is 0.210. The van der Waals surface area contributed by atoms with Crippen LogP contribution in [0.3, 0.4) is 0 Å². The third kappa shape index (κ3) is 6.02. The number of ether oxygens (including phenoxy) is 1. The molecule has 2 aromatic carbocycles. The van der Waals surface area contributed by atoms with Crippen molar-refractivity contribution in [2.24, 2.45) is 0 Å². The smallest absolute Gasteiger partial charge is 0.242 e. The number of piperidine rings is 1. The number of halogens is 1. The molecule has 2 aromatic heterocycles. The van der Waals surface area contributed by atoms with E-state index in [9.17, 15) is 0 Å². The molecule has 1 fully saturated rings. The Balaban J connectivity index is 1.30. The molecule has 0 atom stereocenters. The Morgan fingerprint density at radius 2 is 1.92 bits per heavy atom. The predicted molar refractivity (Wildman–Crippen MR) is 154 cm³/mol. The van der Waals surface area contributed by atoms with E-state index in [1.165, 1.54) is 16.1 Å². The third-order valence-corrected chi connectivity index (χ3v) is 8.24. The van der Waals surface area contributed by atoms with Crippen molar-refractivity contribution in [3.05, 3.63) is 80.6 Å². The summed E-state index contributed by atoms with van der Waals surface area (Å²) in [6.07, 6.45) is 5.35. The molecule has 0 amide bonds. The number of anilines is 1. The molecule has 0 saturated carbocycles. The average molecular weight is 575 g/mol. The fourth-order valence-corrected chi connectivity index (χ4v) is 5.89. The van der Waals surface area contributed by atoms with E-state index in [0.717, 1.165) is 65.1 Å². The topological polar surface area (TPSA) is 74.1 Å². The van der Waals surface area contributed by atoms with Crippen molar-refractivity contribution in [2.45, 2.75) is 39.3 Å². The summed E-state index contributed by atoms with van der Waals surface area (Å²) in [5.41, 5.74) is 5.16. The van der Waals surface area contributed by atoms with Crippen LogP contribution in [0.15, 0.2) is 58.4 Å². The lowest BCUT2D eigenvalue weighted by atomic mass is 10.0. The molecule has 0 spiro atoms. The van der Waals surface area contributed by atoms with Crippen molar-refractivity contribution < 1.29 is 4.74 Å². The molecule has 6 nitrogen and oxygen atoms in total. The summed E-state index contributed by atoms with van der Waals surface area (Å²) in [6, 6.07) is 16.8. The monoisotopic (exact) mass is 573 g/mol. The Kier molecular flexibility index (Phi) is 7.85.